The molecule has 0 aromatic heterocycles. The Hall–Kier alpha value is -3.80. The van der Waals surface area contributed by atoms with E-state index in [9.17, 15) is 9.59 Å². The summed E-state index contributed by atoms with van der Waals surface area (Å²) in [5.74, 6) is 0.741. The van der Waals surface area contributed by atoms with E-state index in [4.69, 9.17) is 34.0 Å². The molecule has 11 nitrogen and oxygen atoms in total. The van der Waals surface area contributed by atoms with E-state index < -0.39 is 24.2 Å². The fourth-order valence-corrected chi connectivity index (χ4v) is 3.16. The second kappa shape index (κ2) is 12.4. The number of fused-ring (bicyclic) bond motifs is 1. The van der Waals surface area contributed by atoms with Crippen LogP contribution < -0.4 is 25.0 Å². The Balaban J connectivity index is 1.84. The van der Waals surface area contributed by atoms with Gasteiger partial charge in [-0.1, -0.05) is 12.1 Å². The lowest BCUT2D eigenvalue weighted by molar-refractivity contribution is -0.124. The maximum atomic E-state index is 12.8. The average Bonchev–Trinajstić information content (AvgIpc) is 3.32. The van der Waals surface area contributed by atoms with E-state index in [0.29, 0.717) is 28.5 Å². The van der Waals surface area contributed by atoms with Crippen molar-refractivity contribution in [3.63, 3.8) is 0 Å². The molecule has 1 aliphatic rings. The molecule has 3 rings (SSSR count). The summed E-state index contributed by atoms with van der Waals surface area (Å²) in [7, 11) is 0. The number of rotatable bonds is 11. The van der Waals surface area contributed by atoms with Crippen LogP contribution in [0.2, 0.25) is 0 Å². The standard InChI is InChI=1S/C23H26N2O9/c1-2-30-19(8-9-21(27)25-29)22(15-4-3-5-17(12-15)31-11-10-26)34-23(28)24-16-6-7-18-20(13-16)33-14-32-18/h3-9,12-13,19,22,26,29H,2,10-11,14H2,1H3,(H,24,28)(H,25,27)/b9-8+/t19-,22-/m0/s1. The number of aliphatic hydroxyl groups is 1. The summed E-state index contributed by atoms with van der Waals surface area (Å²) < 4.78 is 27.5. The smallest absolute Gasteiger partial charge is 0.412 e. The van der Waals surface area contributed by atoms with Gasteiger partial charge in [-0.25, -0.2) is 10.3 Å². The molecule has 1 heterocycles. The third kappa shape index (κ3) is 6.85. The molecule has 0 unspecified atom stereocenters. The molecule has 0 aliphatic carbocycles. The first-order valence-electron chi connectivity index (χ1n) is 10.5. The van der Waals surface area contributed by atoms with Crippen molar-refractivity contribution in [3.8, 4) is 17.2 Å². The molecule has 0 bridgehead atoms. The highest BCUT2D eigenvalue weighted by molar-refractivity contribution is 5.87. The number of carbonyl (C=O) groups excluding carboxylic acids is 2. The van der Waals surface area contributed by atoms with Crippen LogP contribution in [0.25, 0.3) is 0 Å². The molecule has 2 aromatic rings. The van der Waals surface area contributed by atoms with Crippen molar-refractivity contribution in [2.75, 3.05) is 31.9 Å². The second-order valence-electron chi connectivity index (χ2n) is 6.92. The van der Waals surface area contributed by atoms with Crippen LogP contribution >= 0.6 is 0 Å². The first-order valence-corrected chi connectivity index (χ1v) is 10.5. The molecule has 2 aromatic carbocycles. The van der Waals surface area contributed by atoms with Gasteiger partial charge < -0.3 is 28.8 Å². The van der Waals surface area contributed by atoms with Crippen molar-refractivity contribution >= 4 is 17.7 Å². The highest BCUT2D eigenvalue weighted by Gasteiger charge is 2.27. The summed E-state index contributed by atoms with van der Waals surface area (Å²) >= 11 is 0. The quantitative estimate of drug-likeness (QED) is 0.219. The zero-order valence-corrected chi connectivity index (χ0v) is 18.4. The normalized spacial score (nSPS) is 13.9. The lowest BCUT2D eigenvalue weighted by atomic mass is 10.0. The number of amides is 2. The van der Waals surface area contributed by atoms with E-state index in [2.05, 4.69) is 5.32 Å². The van der Waals surface area contributed by atoms with Gasteiger partial charge >= 0.3 is 6.09 Å². The van der Waals surface area contributed by atoms with Gasteiger partial charge in [-0.05, 0) is 42.8 Å². The lowest BCUT2D eigenvalue weighted by Gasteiger charge is -2.25. The molecule has 2 atom stereocenters. The topological polar surface area (TPSA) is 145 Å². The third-order valence-corrected chi connectivity index (χ3v) is 4.60. The summed E-state index contributed by atoms with van der Waals surface area (Å²) in [6.07, 6.45) is -0.213. The SMILES string of the molecule is CCO[C@@H](/C=C/C(=O)NO)[C@@H](OC(=O)Nc1ccc2c(c1)OCO2)c1cccc(OCCO)c1. The van der Waals surface area contributed by atoms with Crippen LogP contribution in [-0.4, -0.2) is 55.0 Å². The molecule has 0 saturated carbocycles. The van der Waals surface area contributed by atoms with Crippen molar-refractivity contribution in [2.45, 2.75) is 19.1 Å². The molecular weight excluding hydrogens is 448 g/mol. The van der Waals surface area contributed by atoms with Gasteiger partial charge in [0, 0.05) is 24.4 Å². The molecule has 0 radical (unpaired) electrons. The molecule has 182 valence electrons. The minimum Gasteiger partial charge on any atom is -0.491 e. The van der Waals surface area contributed by atoms with Gasteiger partial charge in [0.25, 0.3) is 5.91 Å². The molecule has 2 amide bonds. The summed E-state index contributed by atoms with van der Waals surface area (Å²) in [5, 5.41) is 20.4. The Morgan fingerprint density at radius 3 is 2.76 bits per heavy atom. The molecule has 11 heteroatoms. The highest BCUT2D eigenvalue weighted by Crippen LogP contribution is 2.34. The van der Waals surface area contributed by atoms with E-state index in [1.54, 1.807) is 49.4 Å². The van der Waals surface area contributed by atoms with E-state index in [1.165, 1.54) is 11.6 Å². The summed E-state index contributed by atoms with van der Waals surface area (Å²) in [6.45, 7) is 2.02. The van der Waals surface area contributed by atoms with Gasteiger partial charge in [-0.2, -0.15) is 0 Å². The zero-order chi connectivity index (χ0) is 24.3. The second-order valence-corrected chi connectivity index (χ2v) is 6.92. The number of benzene rings is 2. The van der Waals surface area contributed by atoms with Gasteiger partial charge in [-0.3, -0.25) is 15.3 Å². The Labute approximate surface area is 195 Å². The van der Waals surface area contributed by atoms with Crippen LogP contribution in [0.3, 0.4) is 0 Å². The van der Waals surface area contributed by atoms with Crippen LogP contribution in [0.5, 0.6) is 17.2 Å². The molecule has 0 spiro atoms. The third-order valence-electron chi connectivity index (χ3n) is 4.60. The van der Waals surface area contributed by atoms with Crippen LogP contribution in [0.4, 0.5) is 10.5 Å². The monoisotopic (exact) mass is 474 g/mol. The number of anilines is 1. The van der Waals surface area contributed by atoms with Crippen LogP contribution in [-0.2, 0) is 14.3 Å². The number of ether oxygens (including phenoxy) is 5. The average molecular weight is 474 g/mol. The van der Waals surface area contributed by atoms with Crippen molar-refractivity contribution in [1.82, 2.24) is 5.48 Å². The minimum atomic E-state index is -0.991. The van der Waals surface area contributed by atoms with Crippen LogP contribution in [0.1, 0.15) is 18.6 Å². The minimum absolute atomic E-state index is 0.0883. The maximum absolute atomic E-state index is 12.8. The van der Waals surface area contributed by atoms with Crippen molar-refractivity contribution < 1.29 is 43.6 Å². The Morgan fingerprint density at radius 2 is 2.00 bits per heavy atom. The molecule has 1 aliphatic heterocycles. The van der Waals surface area contributed by atoms with Crippen molar-refractivity contribution in [1.29, 1.82) is 0 Å². The van der Waals surface area contributed by atoms with Crippen molar-refractivity contribution in [2.24, 2.45) is 0 Å². The Bertz CT molecular complexity index is 1010. The first kappa shape index (κ1) is 24.8. The number of carbonyl (C=O) groups is 2. The Kier molecular flexibility index (Phi) is 9.09. The van der Waals surface area contributed by atoms with Gasteiger partial charge in [0.05, 0.1) is 6.61 Å². The number of hydrogen-bond acceptors (Lipinski definition) is 9. The van der Waals surface area contributed by atoms with Crippen LogP contribution in [0.15, 0.2) is 54.6 Å². The molecule has 0 saturated heterocycles. The summed E-state index contributed by atoms with van der Waals surface area (Å²) in [6, 6.07) is 11.6. The zero-order valence-electron chi connectivity index (χ0n) is 18.4. The van der Waals surface area contributed by atoms with Gasteiger partial charge in [-0.15, -0.1) is 0 Å². The summed E-state index contributed by atoms with van der Waals surface area (Å²) in [4.78, 5) is 24.3. The maximum Gasteiger partial charge on any atom is 0.412 e. The van der Waals surface area contributed by atoms with E-state index >= 15 is 0 Å². The lowest BCUT2D eigenvalue weighted by Crippen LogP contribution is -2.28. The predicted octanol–water partition coefficient (Wildman–Crippen LogP) is 2.54. The predicted molar refractivity (Wildman–Crippen MR) is 119 cm³/mol. The molecule has 34 heavy (non-hydrogen) atoms. The van der Waals surface area contributed by atoms with Crippen LogP contribution in [0, 0.1) is 0 Å². The van der Waals surface area contributed by atoms with E-state index in [-0.39, 0.29) is 26.6 Å². The van der Waals surface area contributed by atoms with Gasteiger partial charge in [0.15, 0.2) is 17.6 Å². The van der Waals surface area contributed by atoms with Gasteiger partial charge in [0.2, 0.25) is 6.79 Å². The molecule has 4 N–H and O–H groups in total. The fraction of sp³-hybridized carbons (Fsp3) is 0.304. The summed E-state index contributed by atoms with van der Waals surface area (Å²) in [5.41, 5.74) is 2.44. The molecular formula is C23H26N2O9. The van der Waals surface area contributed by atoms with E-state index in [1.807, 2.05) is 0 Å². The number of aliphatic hydroxyl groups excluding tert-OH is 1. The Morgan fingerprint density at radius 1 is 1.18 bits per heavy atom. The first-order chi connectivity index (χ1) is 16.5. The van der Waals surface area contributed by atoms with E-state index in [0.717, 1.165) is 6.08 Å². The molecule has 0 fully saturated rings. The van der Waals surface area contributed by atoms with Crippen molar-refractivity contribution in [3.05, 3.63) is 60.2 Å². The van der Waals surface area contributed by atoms with Gasteiger partial charge in [0.1, 0.15) is 18.5 Å². The highest BCUT2D eigenvalue weighted by atomic mass is 16.7. The largest absolute Gasteiger partial charge is 0.491 e. The number of hydroxylamine groups is 1. The number of nitrogens with one attached hydrogen (secondary N) is 2. The fourth-order valence-electron chi connectivity index (χ4n) is 3.16. The number of hydrogen-bond donors (Lipinski definition) is 4.